The first-order chi connectivity index (χ1) is 13.6. The summed E-state index contributed by atoms with van der Waals surface area (Å²) in [6, 6.07) is 12.2. The first-order valence-corrected chi connectivity index (χ1v) is 8.68. The second kappa shape index (κ2) is 8.51. The van der Waals surface area contributed by atoms with Crippen LogP contribution in [0.1, 0.15) is 10.4 Å². The molecule has 0 aliphatic carbocycles. The van der Waals surface area contributed by atoms with Crippen molar-refractivity contribution in [3.8, 4) is 17.2 Å². The third-order valence-electron chi connectivity index (χ3n) is 4.40. The van der Waals surface area contributed by atoms with Gasteiger partial charge >= 0.3 is 6.09 Å². The van der Waals surface area contributed by atoms with E-state index >= 15 is 0 Å². The molecule has 0 saturated carbocycles. The van der Waals surface area contributed by atoms with Crippen molar-refractivity contribution in [3.05, 3.63) is 48.0 Å². The first kappa shape index (κ1) is 19.3. The Kier molecular flexibility index (Phi) is 5.88. The average molecular weight is 386 g/mol. The van der Waals surface area contributed by atoms with E-state index < -0.39 is 12.2 Å². The number of hydrogen-bond acceptors (Lipinski definition) is 6. The Morgan fingerprint density at radius 1 is 1.07 bits per heavy atom. The molecule has 1 aliphatic heterocycles. The second-order valence-electron chi connectivity index (χ2n) is 6.06. The molecule has 1 fully saturated rings. The molecule has 1 saturated heterocycles. The van der Waals surface area contributed by atoms with Crippen molar-refractivity contribution in [3.63, 3.8) is 0 Å². The topological polar surface area (TPSA) is 86.3 Å². The van der Waals surface area contributed by atoms with Gasteiger partial charge in [0.15, 0.2) is 0 Å². The van der Waals surface area contributed by atoms with Crippen LogP contribution < -0.4 is 24.4 Å². The molecule has 0 bridgehead atoms. The summed E-state index contributed by atoms with van der Waals surface area (Å²) in [5, 5.41) is 2.78. The van der Waals surface area contributed by atoms with Gasteiger partial charge in [0.25, 0.3) is 5.91 Å². The van der Waals surface area contributed by atoms with Crippen LogP contribution in [0.15, 0.2) is 42.5 Å². The minimum Gasteiger partial charge on any atom is -0.497 e. The molecule has 8 nitrogen and oxygen atoms in total. The van der Waals surface area contributed by atoms with Gasteiger partial charge in [0.05, 0.1) is 34.4 Å². The molecule has 1 unspecified atom stereocenters. The minimum atomic E-state index is -0.473. The summed E-state index contributed by atoms with van der Waals surface area (Å²) in [5.74, 6) is 1.14. The van der Waals surface area contributed by atoms with Crippen LogP contribution >= 0.6 is 0 Å². The van der Waals surface area contributed by atoms with Gasteiger partial charge in [-0.25, -0.2) is 4.79 Å². The maximum atomic E-state index is 12.6. The summed E-state index contributed by atoms with van der Waals surface area (Å²) in [5.41, 5.74) is 0.995. The summed E-state index contributed by atoms with van der Waals surface area (Å²) in [4.78, 5) is 26.3. The van der Waals surface area contributed by atoms with E-state index in [0.717, 1.165) is 0 Å². The number of amides is 2. The average Bonchev–Trinajstić information content (AvgIpc) is 3.11. The molecule has 1 aliphatic rings. The zero-order valence-electron chi connectivity index (χ0n) is 15.9. The van der Waals surface area contributed by atoms with Crippen LogP contribution in [0.2, 0.25) is 0 Å². The van der Waals surface area contributed by atoms with E-state index in [2.05, 4.69) is 5.32 Å². The fourth-order valence-corrected chi connectivity index (χ4v) is 2.97. The van der Waals surface area contributed by atoms with E-state index in [1.165, 1.54) is 19.1 Å². The number of hydrogen-bond donors (Lipinski definition) is 1. The number of carbonyl (C=O) groups is 2. The Balaban J connectivity index is 1.64. The summed E-state index contributed by atoms with van der Waals surface area (Å²) >= 11 is 0. The molecule has 2 amide bonds. The fraction of sp³-hybridized carbons (Fsp3) is 0.300. The van der Waals surface area contributed by atoms with Crippen molar-refractivity contribution < 1.29 is 28.5 Å². The summed E-state index contributed by atoms with van der Waals surface area (Å²) < 4.78 is 21.0. The molecular weight excluding hydrogens is 364 g/mol. The van der Waals surface area contributed by atoms with E-state index in [1.807, 2.05) is 0 Å². The lowest BCUT2D eigenvalue weighted by atomic mass is 10.1. The van der Waals surface area contributed by atoms with Gasteiger partial charge in [0.2, 0.25) is 0 Å². The quantitative estimate of drug-likeness (QED) is 0.787. The van der Waals surface area contributed by atoms with Crippen molar-refractivity contribution in [2.24, 2.45) is 0 Å². The van der Waals surface area contributed by atoms with Gasteiger partial charge in [-0.3, -0.25) is 9.69 Å². The molecule has 1 heterocycles. The van der Waals surface area contributed by atoms with Gasteiger partial charge < -0.3 is 24.3 Å². The van der Waals surface area contributed by atoms with Crippen molar-refractivity contribution >= 4 is 17.7 Å². The predicted molar refractivity (Wildman–Crippen MR) is 102 cm³/mol. The van der Waals surface area contributed by atoms with Gasteiger partial charge in [0.1, 0.15) is 28.9 Å². The highest BCUT2D eigenvalue weighted by atomic mass is 16.6. The van der Waals surface area contributed by atoms with Crippen LogP contribution in [0.5, 0.6) is 17.2 Å². The molecule has 2 aromatic rings. The third kappa shape index (κ3) is 3.95. The van der Waals surface area contributed by atoms with Crippen LogP contribution in [0.4, 0.5) is 10.5 Å². The van der Waals surface area contributed by atoms with Crippen molar-refractivity contribution in [2.75, 3.05) is 39.3 Å². The number of cyclic esters (lactones) is 1. The molecule has 1 N–H and O–H groups in total. The molecule has 28 heavy (non-hydrogen) atoms. The second-order valence-corrected chi connectivity index (χ2v) is 6.06. The van der Waals surface area contributed by atoms with Crippen LogP contribution in [-0.2, 0) is 4.74 Å². The van der Waals surface area contributed by atoms with Gasteiger partial charge in [-0.05, 0) is 36.4 Å². The lowest BCUT2D eigenvalue weighted by Crippen LogP contribution is -2.35. The van der Waals surface area contributed by atoms with E-state index in [4.69, 9.17) is 18.9 Å². The van der Waals surface area contributed by atoms with Crippen molar-refractivity contribution in [2.45, 2.75) is 6.10 Å². The normalized spacial score (nSPS) is 15.8. The van der Waals surface area contributed by atoms with Gasteiger partial charge in [-0.15, -0.1) is 0 Å². The molecule has 8 heteroatoms. The van der Waals surface area contributed by atoms with E-state index in [1.54, 1.807) is 49.6 Å². The van der Waals surface area contributed by atoms with E-state index in [9.17, 15) is 9.59 Å². The maximum absolute atomic E-state index is 12.6. The van der Waals surface area contributed by atoms with Gasteiger partial charge in [0, 0.05) is 5.69 Å². The fourth-order valence-electron chi connectivity index (χ4n) is 2.97. The molecular formula is C20H22N2O6. The largest absolute Gasteiger partial charge is 0.497 e. The lowest BCUT2D eigenvalue weighted by molar-refractivity contribution is 0.0910. The number of methoxy groups -OCH3 is 3. The van der Waals surface area contributed by atoms with Gasteiger partial charge in [-0.2, -0.15) is 0 Å². The molecule has 0 spiro atoms. The molecule has 0 aromatic heterocycles. The van der Waals surface area contributed by atoms with Crippen molar-refractivity contribution in [1.29, 1.82) is 0 Å². The maximum Gasteiger partial charge on any atom is 0.414 e. The van der Waals surface area contributed by atoms with Crippen molar-refractivity contribution in [1.82, 2.24) is 5.32 Å². The Hall–Kier alpha value is -3.42. The monoisotopic (exact) mass is 386 g/mol. The van der Waals surface area contributed by atoms with Crippen LogP contribution in [0.25, 0.3) is 0 Å². The van der Waals surface area contributed by atoms with Gasteiger partial charge in [-0.1, -0.05) is 6.07 Å². The molecule has 0 radical (unpaired) electrons. The van der Waals surface area contributed by atoms with Crippen LogP contribution in [0.3, 0.4) is 0 Å². The summed E-state index contributed by atoms with van der Waals surface area (Å²) in [6.45, 7) is 0.493. The Morgan fingerprint density at radius 2 is 1.71 bits per heavy atom. The number of anilines is 1. The summed E-state index contributed by atoms with van der Waals surface area (Å²) in [7, 11) is 4.54. The van der Waals surface area contributed by atoms with Crippen LogP contribution in [0, 0.1) is 0 Å². The molecule has 1 atom stereocenters. The zero-order valence-corrected chi connectivity index (χ0v) is 15.9. The SMILES string of the molecule is COc1ccc(N2CC(CNC(=O)c3c(OC)cccc3OC)OC2=O)cc1. The Labute approximate surface area is 162 Å². The lowest BCUT2D eigenvalue weighted by Gasteiger charge is -2.15. The van der Waals surface area contributed by atoms with E-state index in [-0.39, 0.29) is 12.5 Å². The minimum absolute atomic E-state index is 0.165. The van der Waals surface area contributed by atoms with Crippen LogP contribution in [-0.4, -0.2) is 52.5 Å². The number of nitrogens with one attached hydrogen (secondary N) is 1. The first-order valence-electron chi connectivity index (χ1n) is 8.68. The highest BCUT2D eigenvalue weighted by Crippen LogP contribution is 2.28. The smallest absolute Gasteiger partial charge is 0.414 e. The predicted octanol–water partition coefficient (Wildman–Crippen LogP) is 2.47. The van der Waals surface area contributed by atoms with E-state index in [0.29, 0.717) is 35.0 Å². The highest BCUT2D eigenvalue weighted by molar-refractivity contribution is 5.99. The number of carbonyl (C=O) groups excluding carboxylic acids is 2. The Bertz CT molecular complexity index is 830. The number of ether oxygens (including phenoxy) is 4. The standard InChI is InChI=1S/C20H22N2O6/c1-25-14-9-7-13(8-10-14)22-12-15(28-20(22)24)11-21-19(23)18-16(26-2)5-4-6-17(18)27-3/h4-10,15H,11-12H2,1-3H3,(H,21,23). The number of nitrogens with zero attached hydrogens (tertiary/aromatic N) is 1. The third-order valence-corrected chi connectivity index (χ3v) is 4.40. The summed E-state index contributed by atoms with van der Waals surface area (Å²) in [6.07, 6.45) is -0.932. The number of rotatable bonds is 7. The number of benzene rings is 2. The highest BCUT2D eigenvalue weighted by Gasteiger charge is 2.33. The molecule has 2 aromatic carbocycles. The molecule has 3 rings (SSSR count). The Morgan fingerprint density at radius 3 is 2.29 bits per heavy atom. The zero-order chi connectivity index (χ0) is 20.1. The molecule has 148 valence electrons.